The molecule has 0 spiro atoms. The molecule has 5 nitrogen and oxygen atoms in total. The van der Waals surface area contributed by atoms with Gasteiger partial charge in [0, 0.05) is 4.88 Å². The van der Waals surface area contributed by atoms with Crippen LogP contribution in [0, 0.1) is 13.8 Å². The Morgan fingerprint density at radius 1 is 1.29 bits per heavy atom. The number of rotatable bonds is 4. The summed E-state index contributed by atoms with van der Waals surface area (Å²) in [6.45, 7) is 3.40. The average Bonchev–Trinajstić information content (AvgIpc) is 2.76. The first kappa shape index (κ1) is 15.8. The summed E-state index contributed by atoms with van der Waals surface area (Å²) in [5.41, 5.74) is 1.16. The van der Waals surface area contributed by atoms with Crippen LogP contribution in [0.15, 0.2) is 29.2 Å². The van der Waals surface area contributed by atoms with Crippen LogP contribution in [-0.4, -0.2) is 19.5 Å². The number of nitrogens with one attached hydrogen (secondary N) is 1. The molecule has 0 fully saturated rings. The van der Waals surface area contributed by atoms with Crippen molar-refractivity contribution in [3.63, 3.8) is 0 Å². The van der Waals surface area contributed by atoms with Gasteiger partial charge in [-0.1, -0.05) is 17.7 Å². The van der Waals surface area contributed by atoms with Crippen molar-refractivity contribution in [2.75, 3.05) is 4.72 Å². The summed E-state index contributed by atoms with van der Waals surface area (Å²) in [5.74, 6) is -1.15. The SMILES string of the molecule is Cc1ccc(NS(=O)(=O)c2cc(C(=O)O)sc2C)c(Cl)c1. The van der Waals surface area contributed by atoms with Gasteiger partial charge in [0.2, 0.25) is 0 Å². The number of hydrogen-bond donors (Lipinski definition) is 2. The molecule has 8 heteroatoms. The smallest absolute Gasteiger partial charge is 0.345 e. The Balaban J connectivity index is 2.41. The van der Waals surface area contributed by atoms with Gasteiger partial charge in [-0.15, -0.1) is 11.3 Å². The number of aryl methyl sites for hydroxylation is 2. The number of anilines is 1. The molecule has 0 aliphatic heterocycles. The van der Waals surface area contributed by atoms with E-state index in [4.69, 9.17) is 16.7 Å². The molecule has 0 radical (unpaired) electrons. The van der Waals surface area contributed by atoms with Gasteiger partial charge in [0.05, 0.1) is 10.7 Å². The van der Waals surface area contributed by atoms with Gasteiger partial charge in [0.1, 0.15) is 9.77 Å². The van der Waals surface area contributed by atoms with Gasteiger partial charge in [-0.3, -0.25) is 4.72 Å². The van der Waals surface area contributed by atoms with Crippen LogP contribution in [-0.2, 0) is 10.0 Å². The molecule has 2 N–H and O–H groups in total. The Labute approximate surface area is 131 Å². The molecule has 2 aromatic rings. The molecule has 0 aliphatic rings. The van der Waals surface area contributed by atoms with Crippen molar-refractivity contribution in [1.29, 1.82) is 0 Å². The molecule has 1 aromatic carbocycles. The van der Waals surface area contributed by atoms with Crippen LogP contribution in [0.3, 0.4) is 0 Å². The predicted molar refractivity (Wildman–Crippen MR) is 83.0 cm³/mol. The van der Waals surface area contributed by atoms with E-state index in [0.717, 1.165) is 23.0 Å². The quantitative estimate of drug-likeness (QED) is 0.888. The van der Waals surface area contributed by atoms with E-state index in [0.29, 0.717) is 4.88 Å². The third-order valence-electron chi connectivity index (χ3n) is 2.74. The fourth-order valence-electron chi connectivity index (χ4n) is 1.74. The van der Waals surface area contributed by atoms with Crippen LogP contribution >= 0.6 is 22.9 Å². The number of hydrogen-bond acceptors (Lipinski definition) is 4. The minimum atomic E-state index is -3.88. The minimum absolute atomic E-state index is 0.0251. The van der Waals surface area contributed by atoms with Gasteiger partial charge in [0.25, 0.3) is 10.0 Å². The van der Waals surface area contributed by atoms with Crippen molar-refractivity contribution in [1.82, 2.24) is 0 Å². The largest absolute Gasteiger partial charge is 0.477 e. The lowest BCUT2D eigenvalue weighted by Crippen LogP contribution is -2.13. The van der Waals surface area contributed by atoms with Crippen LogP contribution in [0.4, 0.5) is 5.69 Å². The highest BCUT2D eigenvalue weighted by molar-refractivity contribution is 7.93. The lowest BCUT2D eigenvalue weighted by molar-refractivity contribution is 0.0702. The monoisotopic (exact) mass is 345 g/mol. The van der Waals surface area contributed by atoms with E-state index in [9.17, 15) is 13.2 Å². The second kappa shape index (κ2) is 5.67. The molecule has 112 valence electrons. The van der Waals surface area contributed by atoms with E-state index in [1.54, 1.807) is 25.1 Å². The molecule has 0 saturated carbocycles. The van der Waals surface area contributed by atoms with Crippen molar-refractivity contribution in [3.8, 4) is 0 Å². The van der Waals surface area contributed by atoms with Crippen molar-refractivity contribution < 1.29 is 18.3 Å². The summed E-state index contributed by atoms with van der Waals surface area (Å²) >= 11 is 6.91. The standard InChI is InChI=1S/C13H12ClNO4S2/c1-7-3-4-10(9(14)5-7)15-21(18,19)12-6-11(13(16)17)20-8(12)2/h3-6,15H,1-2H3,(H,16,17). The first-order chi connectivity index (χ1) is 9.70. The average molecular weight is 346 g/mol. The summed E-state index contributed by atoms with van der Waals surface area (Å²) in [6, 6.07) is 6.08. The molecule has 2 rings (SSSR count). The molecule has 1 aromatic heterocycles. The van der Waals surface area contributed by atoms with Crippen LogP contribution in [0.2, 0.25) is 5.02 Å². The van der Waals surface area contributed by atoms with Gasteiger partial charge in [-0.25, -0.2) is 13.2 Å². The van der Waals surface area contributed by atoms with E-state index < -0.39 is 16.0 Å². The third-order valence-corrected chi connectivity index (χ3v) is 5.71. The van der Waals surface area contributed by atoms with Gasteiger partial charge < -0.3 is 5.11 Å². The van der Waals surface area contributed by atoms with Crippen molar-refractivity contribution in [2.45, 2.75) is 18.7 Å². The summed E-state index contributed by atoms with van der Waals surface area (Å²) in [4.78, 5) is 11.2. The summed E-state index contributed by atoms with van der Waals surface area (Å²) in [5, 5.41) is 9.21. The highest BCUT2D eigenvalue weighted by Crippen LogP contribution is 2.30. The molecular formula is C13H12ClNO4S2. The van der Waals surface area contributed by atoms with E-state index in [2.05, 4.69) is 4.72 Å². The fraction of sp³-hybridized carbons (Fsp3) is 0.154. The zero-order valence-corrected chi connectivity index (χ0v) is 13.6. The van der Waals surface area contributed by atoms with E-state index in [1.807, 2.05) is 6.92 Å². The minimum Gasteiger partial charge on any atom is -0.477 e. The second-order valence-corrected chi connectivity index (χ2v) is 7.74. The molecule has 0 atom stereocenters. The van der Waals surface area contributed by atoms with Gasteiger partial charge in [-0.2, -0.15) is 0 Å². The Kier molecular flexibility index (Phi) is 4.27. The maximum absolute atomic E-state index is 12.3. The van der Waals surface area contributed by atoms with Gasteiger partial charge in [0.15, 0.2) is 0 Å². The van der Waals surface area contributed by atoms with E-state index in [-0.39, 0.29) is 20.5 Å². The Hall–Kier alpha value is -1.57. The molecule has 0 aliphatic carbocycles. The van der Waals surface area contributed by atoms with Crippen molar-refractivity contribution in [3.05, 3.63) is 44.6 Å². The van der Waals surface area contributed by atoms with Gasteiger partial charge >= 0.3 is 5.97 Å². The maximum atomic E-state index is 12.3. The highest BCUT2D eigenvalue weighted by Gasteiger charge is 2.23. The molecular weight excluding hydrogens is 334 g/mol. The molecule has 0 bridgehead atoms. The van der Waals surface area contributed by atoms with Crippen LogP contribution < -0.4 is 4.72 Å². The third kappa shape index (κ3) is 3.37. The van der Waals surface area contributed by atoms with Crippen LogP contribution in [0.25, 0.3) is 0 Å². The van der Waals surface area contributed by atoms with Crippen molar-refractivity contribution >= 4 is 44.6 Å². The summed E-state index contributed by atoms with van der Waals surface area (Å²) < 4.78 is 27.1. The van der Waals surface area contributed by atoms with E-state index in [1.165, 1.54) is 0 Å². The number of sulfonamides is 1. The molecule has 0 unspecified atom stereocenters. The first-order valence-corrected chi connectivity index (χ1v) is 8.51. The number of carboxylic acids is 1. The molecule has 1 heterocycles. The summed E-state index contributed by atoms with van der Waals surface area (Å²) in [7, 11) is -3.88. The highest BCUT2D eigenvalue weighted by atomic mass is 35.5. The van der Waals surface area contributed by atoms with Gasteiger partial charge in [-0.05, 0) is 37.6 Å². The van der Waals surface area contributed by atoms with E-state index >= 15 is 0 Å². The predicted octanol–water partition coefficient (Wildman–Crippen LogP) is 3.52. The molecule has 0 saturated heterocycles. The number of benzene rings is 1. The zero-order chi connectivity index (χ0) is 15.8. The lowest BCUT2D eigenvalue weighted by Gasteiger charge is -2.09. The number of thiophene rings is 1. The maximum Gasteiger partial charge on any atom is 0.345 e. The van der Waals surface area contributed by atoms with Crippen LogP contribution in [0.1, 0.15) is 20.1 Å². The fourth-order valence-corrected chi connectivity index (χ4v) is 4.59. The number of aromatic carboxylic acids is 1. The Morgan fingerprint density at radius 2 is 1.95 bits per heavy atom. The molecule has 0 amide bonds. The normalized spacial score (nSPS) is 11.4. The Bertz CT molecular complexity index is 812. The second-order valence-electron chi connectivity index (χ2n) is 4.43. The number of carboxylic acid groups (broad SMARTS) is 1. The number of carbonyl (C=O) groups is 1. The lowest BCUT2D eigenvalue weighted by atomic mass is 10.2. The number of halogens is 1. The zero-order valence-electron chi connectivity index (χ0n) is 11.2. The van der Waals surface area contributed by atoms with Crippen molar-refractivity contribution in [2.24, 2.45) is 0 Å². The topological polar surface area (TPSA) is 83.5 Å². The summed E-state index contributed by atoms with van der Waals surface area (Å²) in [6.07, 6.45) is 0. The Morgan fingerprint density at radius 3 is 2.48 bits per heavy atom. The molecule has 21 heavy (non-hydrogen) atoms. The van der Waals surface area contributed by atoms with Crippen LogP contribution in [0.5, 0.6) is 0 Å². The first-order valence-electron chi connectivity index (χ1n) is 5.83.